The van der Waals surface area contributed by atoms with E-state index >= 15 is 0 Å². The van der Waals surface area contributed by atoms with Crippen molar-refractivity contribution in [3.05, 3.63) is 11.9 Å². The fourth-order valence-electron chi connectivity index (χ4n) is 2.04. The maximum atomic E-state index is 4.19. The molecular weight excluding hydrogens is 250 g/mol. The van der Waals surface area contributed by atoms with Gasteiger partial charge in [-0.1, -0.05) is 32.9 Å². The van der Waals surface area contributed by atoms with E-state index in [-0.39, 0.29) is 0 Å². The zero-order chi connectivity index (χ0) is 15.2. The van der Waals surface area contributed by atoms with E-state index in [4.69, 9.17) is 0 Å². The topological polar surface area (TPSA) is 46.0 Å². The summed E-state index contributed by atoms with van der Waals surface area (Å²) < 4.78 is 1.94. The summed E-state index contributed by atoms with van der Waals surface area (Å²) in [5, 5.41) is 11.7. The maximum Gasteiger partial charge on any atom is 0.0964 e. The van der Waals surface area contributed by atoms with Gasteiger partial charge in [0, 0.05) is 25.3 Å². The molecule has 1 unspecified atom stereocenters. The van der Waals surface area contributed by atoms with E-state index in [2.05, 4.69) is 62.2 Å². The molecule has 0 fully saturated rings. The van der Waals surface area contributed by atoms with Crippen LogP contribution >= 0.6 is 0 Å². The number of likely N-dealkylation sites (N-methyl/N-ethyl adjacent to an activating group) is 1. The molecule has 0 aliphatic heterocycles. The van der Waals surface area contributed by atoms with Crippen molar-refractivity contribution in [1.82, 2.24) is 25.2 Å². The molecule has 0 bridgehead atoms. The average Bonchev–Trinajstić information content (AvgIpc) is 2.82. The fraction of sp³-hybridized carbons (Fsp3) is 0.867. The van der Waals surface area contributed by atoms with Gasteiger partial charge in [0.2, 0.25) is 0 Å². The highest BCUT2D eigenvalue weighted by molar-refractivity contribution is 4.91. The second-order valence-corrected chi connectivity index (χ2v) is 6.67. The second-order valence-electron chi connectivity index (χ2n) is 6.67. The van der Waals surface area contributed by atoms with Crippen LogP contribution in [-0.4, -0.2) is 46.1 Å². The van der Waals surface area contributed by atoms with Crippen molar-refractivity contribution in [3.63, 3.8) is 0 Å². The molecule has 1 atom stereocenters. The first-order chi connectivity index (χ1) is 9.34. The predicted molar refractivity (Wildman–Crippen MR) is 83.6 cm³/mol. The summed E-state index contributed by atoms with van der Waals surface area (Å²) in [7, 11) is 2.18. The molecule has 1 heterocycles. The Bertz CT molecular complexity index is 380. The van der Waals surface area contributed by atoms with E-state index in [1.807, 2.05) is 10.9 Å². The lowest BCUT2D eigenvalue weighted by molar-refractivity contribution is 0.135. The summed E-state index contributed by atoms with van der Waals surface area (Å²) in [6.45, 7) is 15.0. The summed E-state index contributed by atoms with van der Waals surface area (Å²) in [4.78, 5) is 2.39. The number of aromatic nitrogens is 3. The van der Waals surface area contributed by atoms with Gasteiger partial charge in [0.15, 0.2) is 0 Å². The highest BCUT2D eigenvalue weighted by Gasteiger charge is 2.23. The van der Waals surface area contributed by atoms with Crippen LogP contribution < -0.4 is 5.32 Å². The summed E-state index contributed by atoms with van der Waals surface area (Å²) in [6, 6.07) is 0.539. The number of nitrogens with one attached hydrogen (secondary N) is 1. The van der Waals surface area contributed by atoms with Crippen LogP contribution in [-0.2, 0) is 13.1 Å². The minimum atomic E-state index is 0.298. The largest absolute Gasteiger partial charge is 0.311 e. The average molecular weight is 281 g/mol. The maximum absolute atomic E-state index is 4.19. The summed E-state index contributed by atoms with van der Waals surface area (Å²) in [5.41, 5.74) is 1.32. The minimum absolute atomic E-state index is 0.298. The molecule has 0 aliphatic carbocycles. The van der Waals surface area contributed by atoms with Crippen molar-refractivity contribution in [3.8, 4) is 0 Å². The first-order valence-corrected chi connectivity index (χ1v) is 7.64. The minimum Gasteiger partial charge on any atom is -0.311 e. The van der Waals surface area contributed by atoms with E-state index in [0.29, 0.717) is 11.5 Å². The Morgan fingerprint density at radius 3 is 2.70 bits per heavy atom. The monoisotopic (exact) mass is 281 g/mol. The number of rotatable bonds is 8. The predicted octanol–water partition coefficient (Wildman–Crippen LogP) is 2.14. The molecule has 5 heteroatoms. The molecule has 1 rings (SSSR count). The molecule has 0 saturated heterocycles. The lowest BCUT2D eigenvalue weighted by Crippen LogP contribution is -2.40. The number of hydrogen-bond acceptors (Lipinski definition) is 4. The van der Waals surface area contributed by atoms with Gasteiger partial charge in [-0.3, -0.25) is 4.68 Å². The standard InChI is InChI=1S/C15H31N5/c1-7-8-16-11-14-12-20(18-17-14)10-9-19(6)13(2)15(3,4)5/h12-13,16H,7-11H2,1-6H3. The third kappa shape index (κ3) is 5.59. The first-order valence-electron chi connectivity index (χ1n) is 7.64. The Hall–Kier alpha value is -0.940. The summed E-state index contributed by atoms with van der Waals surface area (Å²) >= 11 is 0. The Morgan fingerprint density at radius 2 is 2.10 bits per heavy atom. The Labute approximate surface area is 123 Å². The molecule has 0 aromatic carbocycles. The summed E-state index contributed by atoms with van der Waals surface area (Å²) in [5.74, 6) is 0. The van der Waals surface area contributed by atoms with Gasteiger partial charge in [-0.2, -0.15) is 0 Å². The normalized spacial score (nSPS) is 13.9. The van der Waals surface area contributed by atoms with Crippen molar-refractivity contribution < 1.29 is 0 Å². The van der Waals surface area contributed by atoms with Crippen molar-refractivity contribution in [1.29, 1.82) is 0 Å². The molecular formula is C15H31N5. The van der Waals surface area contributed by atoms with Crippen LogP contribution in [0.3, 0.4) is 0 Å². The van der Waals surface area contributed by atoms with Gasteiger partial charge in [0.05, 0.1) is 12.2 Å². The Morgan fingerprint density at radius 1 is 1.40 bits per heavy atom. The molecule has 1 N–H and O–H groups in total. The van der Waals surface area contributed by atoms with Gasteiger partial charge in [0.25, 0.3) is 0 Å². The molecule has 20 heavy (non-hydrogen) atoms. The van der Waals surface area contributed by atoms with Crippen LogP contribution in [0.15, 0.2) is 6.20 Å². The smallest absolute Gasteiger partial charge is 0.0964 e. The van der Waals surface area contributed by atoms with E-state index in [1.165, 1.54) is 0 Å². The van der Waals surface area contributed by atoms with E-state index in [9.17, 15) is 0 Å². The van der Waals surface area contributed by atoms with E-state index in [0.717, 1.165) is 38.3 Å². The van der Waals surface area contributed by atoms with Crippen LogP contribution in [0.25, 0.3) is 0 Å². The van der Waals surface area contributed by atoms with Gasteiger partial charge in [-0.25, -0.2) is 0 Å². The number of nitrogens with zero attached hydrogens (tertiary/aromatic N) is 4. The molecule has 0 spiro atoms. The quantitative estimate of drug-likeness (QED) is 0.742. The van der Waals surface area contributed by atoms with Crippen molar-refractivity contribution in [2.75, 3.05) is 20.1 Å². The van der Waals surface area contributed by atoms with Crippen LogP contribution in [0.1, 0.15) is 46.7 Å². The molecule has 116 valence electrons. The summed E-state index contributed by atoms with van der Waals surface area (Å²) in [6.07, 6.45) is 3.18. The Balaban J connectivity index is 2.38. The second kappa shape index (κ2) is 7.74. The number of hydrogen-bond donors (Lipinski definition) is 1. The van der Waals surface area contributed by atoms with Gasteiger partial charge in [-0.05, 0) is 32.4 Å². The molecule has 0 saturated carbocycles. The molecule has 1 aromatic heterocycles. The highest BCUT2D eigenvalue weighted by Crippen LogP contribution is 2.22. The zero-order valence-electron chi connectivity index (χ0n) is 14.0. The zero-order valence-corrected chi connectivity index (χ0v) is 14.0. The van der Waals surface area contributed by atoms with Gasteiger partial charge >= 0.3 is 0 Å². The lowest BCUT2D eigenvalue weighted by Gasteiger charge is -2.35. The molecule has 0 aliphatic rings. The third-order valence-corrected chi connectivity index (χ3v) is 3.92. The van der Waals surface area contributed by atoms with Crippen molar-refractivity contribution in [2.24, 2.45) is 5.41 Å². The molecule has 1 aromatic rings. The van der Waals surface area contributed by atoms with Crippen LogP contribution in [0.4, 0.5) is 0 Å². The third-order valence-electron chi connectivity index (χ3n) is 3.92. The van der Waals surface area contributed by atoms with Crippen molar-refractivity contribution in [2.45, 2.75) is 60.2 Å². The molecule has 5 nitrogen and oxygen atoms in total. The van der Waals surface area contributed by atoms with E-state index in [1.54, 1.807) is 0 Å². The van der Waals surface area contributed by atoms with Crippen LogP contribution in [0, 0.1) is 5.41 Å². The molecule has 0 radical (unpaired) electrons. The van der Waals surface area contributed by atoms with E-state index < -0.39 is 0 Å². The van der Waals surface area contributed by atoms with Gasteiger partial charge in [0.1, 0.15) is 0 Å². The lowest BCUT2D eigenvalue weighted by atomic mass is 9.87. The fourth-order valence-corrected chi connectivity index (χ4v) is 2.04. The van der Waals surface area contributed by atoms with Crippen LogP contribution in [0.5, 0.6) is 0 Å². The van der Waals surface area contributed by atoms with Gasteiger partial charge in [-0.15, -0.1) is 5.10 Å². The van der Waals surface area contributed by atoms with Crippen molar-refractivity contribution >= 4 is 0 Å². The first kappa shape index (κ1) is 17.1. The van der Waals surface area contributed by atoms with Gasteiger partial charge < -0.3 is 10.2 Å². The Kier molecular flexibility index (Phi) is 6.62. The highest BCUT2D eigenvalue weighted by atomic mass is 15.4. The SMILES string of the molecule is CCCNCc1cn(CCN(C)C(C)C(C)(C)C)nn1. The van der Waals surface area contributed by atoms with Crippen LogP contribution in [0.2, 0.25) is 0 Å². The molecule has 0 amide bonds.